The molecule has 3 aromatic rings. The second-order valence-electron chi connectivity index (χ2n) is 5.95. The molecule has 2 aromatic carbocycles. The molecule has 3 rings (SSSR count). The molecule has 1 N–H and O–H groups in total. The number of benzene rings is 2. The van der Waals surface area contributed by atoms with Gasteiger partial charge >= 0.3 is 0 Å². The van der Waals surface area contributed by atoms with Crippen molar-refractivity contribution in [1.82, 2.24) is 15.2 Å². The van der Waals surface area contributed by atoms with Crippen molar-refractivity contribution in [1.29, 1.82) is 0 Å². The van der Waals surface area contributed by atoms with Crippen LogP contribution in [-0.2, 0) is 0 Å². The number of likely N-dealkylation sites (N-methyl/N-ethyl adjacent to an activating group) is 1. The zero-order valence-electron chi connectivity index (χ0n) is 14.6. The summed E-state index contributed by atoms with van der Waals surface area (Å²) in [7, 11) is 5.60. The maximum atomic E-state index is 12.5. The number of carbonyl (C=O) groups is 1. The van der Waals surface area contributed by atoms with Gasteiger partial charge in [-0.05, 0) is 38.4 Å². The van der Waals surface area contributed by atoms with Crippen LogP contribution < -0.4 is 10.1 Å². The van der Waals surface area contributed by atoms with E-state index in [-0.39, 0.29) is 18.3 Å². The SMILES string of the molecule is COc1cccc2nc3c(C(=O)NCCN(C)C)cccc3cc12.Cl. The average molecular weight is 360 g/mol. The number of pyridine rings is 1. The molecule has 0 aliphatic heterocycles. The van der Waals surface area contributed by atoms with Crippen LogP contribution in [0.5, 0.6) is 5.75 Å². The largest absolute Gasteiger partial charge is 0.496 e. The maximum absolute atomic E-state index is 12.5. The van der Waals surface area contributed by atoms with Crippen LogP contribution in [0.1, 0.15) is 10.4 Å². The molecule has 0 bridgehead atoms. The standard InChI is InChI=1S/C19H21N3O2.ClH/c1-22(2)11-10-20-19(23)14-7-4-6-13-12-15-16(21-18(13)14)8-5-9-17(15)24-3;/h4-9,12H,10-11H2,1-3H3,(H,20,23);1H. The molecule has 0 spiro atoms. The number of amides is 1. The van der Waals surface area contributed by atoms with Gasteiger partial charge in [0, 0.05) is 23.9 Å². The number of methoxy groups -OCH3 is 1. The van der Waals surface area contributed by atoms with Crippen LogP contribution in [0.3, 0.4) is 0 Å². The fraction of sp³-hybridized carbons (Fsp3) is 0.263. The van der Waals surface area contributed by atoms with E-state index in [0.29, 0.717) is 17.6 Å². The number of ether oxygens (including phenoxy) is 1. The Balaban J connectivity index is 0.00000225. The molecule has 0 aliphatic rings. The van der Waals surface area contributed by atoms with Crippen LogP contribution in [-0.4, -0.2) is 50.1 Å². The van der Waals surface area contributed by atoms with Gasteiger partial charge in [-0.2, -0.15) is 0 Å². The van der Waals surface area contributed by atoms with Gasteiger partial charge in [0.25, 0.3) is 5.91 Å². The summed E-state index contributed by atoms with van der Waals surface area (Å²) < 4.78 is 5.41. The highest BCUT2D eigenvalue weighted by Crippen LogP contribution is 2.28. The topological polar surface area (TPSA) is 54.5 Å². The number of rotatable bonds is 5. The monoisotopic (exact) mass is 359 g/mol. The summed E-state index contributed by atoms with van der Waals surface area (Å²) in [6.45, 7) is 1.40. The molecular weight excluding hydrogens is 338 g/mol. The molecule has 5 nitrogen and oxygen atoms in total. The summed E-state index contributed by atoms with van der Waals surface area (Å²) >= 11 is 0. The zero-order chi connectivity index (χ0) is 17.1. The molecule has 0 radical (unpaired) electrons. The number of fused-ring (bicyclic) bond motifs is 2. The highest BCUT2D eigenvalue weighted by molar-refractivity contribution is 6.08. The Morgan fingerprint density at radius 1 is 1.20 bits per heavy atom. The minimum atomic E-state index is -0.0998. The fourth-order valence-corrected chi connectivity index (χ4v) is 2.70. The van der Waals surface area contributed by atoms with E-state index in [2.05, 4.69) is 5.32 Å². The number of nitrogens with one attached hydrogen (secondary N) is 1. The number of nitrogens with zero attached hydrogens (tertiary/aromatic N) is 2. The van der Waals surface area contributed by atoms with Gasteiger partial charge in [-0.1, -0.05) is 18.2 Å². The first-order chi connectivity index (χ1) is 11.6. The first-order valence-corrected chi connectivity index (χ1v) is 7.89. The lowest BCUT2D eigenvalue weighted by Crippen LogP contribution is -2.31. The first-order valence-electron chi connectivity index (χ1n) is 7.89. The van der Waals surface area contributed by atoms with Crippen LogP contribution >= 0.6 is 12.4 Å². The molecule has 25 heavy (non-hydrogen) atoms. The highest BCUT2D eigenvalue weighted by Gasteiger charge is 2.13. The van der Waals surface area contributed by atoms with Crippen LogP contribution in [0, 0.1) is 0 Å². The number of carbonyl (C=O) groups excluding carboxylic acids is 1. The number of hydrogen-bond acceptors (Lipinski definition) is 4. The second-order valence-corrected chi connectivity index (χ2v) is 5.95. The van der Waals surface area contributed by atoms with Crippen LogP contribution in [0.25, 0.3) is 21.8 Å². The molecule has 6 heteroatoms. The van der Waals surface area contributed by atoms with Crippen LogP contribution in [0.15, 0.2) is 42.5 Å². The Hall–Kier alpha value is -2.37. The predicted molar refractivity (Wildman–Crippen MR) is 104 cm³/mol. The van der Waals surface area contributed by atoms with Crippen molar-refractivity contribution in [3.8, 4) is 5.75 Å². The normalized spacial score (nSPS) is 10.7. The molecule has 132 valence electrons. The molecule has 1 amide bonds. The molecule has 1 heterocycles. The van der Waals surface area contributed by atoms with E-state index in [1.54, 1.807) is 7.11 Å². The summed E-state index contributed by atoms with van der Waals surface area (Å²) in [6, 6.07) is 13.4. The average Bonchev–Trinajstić information content (AvgIpc) is 2.58. The van der Waals surface area contributed by atoms with Gasteiger partial charge in [-0.25, -0.2) is 4.98 Å². The van der Waals surface area contributed by atoms with Crippen molar-refractivity contribution in [3.63, 3.8) is 0 Å². The molecule has 0 saturated heterocycles. The third-order valence-corrected chi connectivity index (χ3v) is 3.95. The minimum absolute atomic E-state index is 0. The molecule has 0 aliphatic carbocycles. The summed E-state index contributed by atoms with van der Waals surface area (Å²) in [6.07, 6.45) is 0. The van der Waals surface area contributed by atoms with Gasteiger partial charge in [-0.15, -0.1) is 12.4 Å². The predicted octanol–water partition coefficient (Wildman–Crippen LogP) is 3.11. The van der Waals surface area contributed by atoms with Crippen molar-refractivity contribution < 1.29 is 9.53 Å². The summed E-state index contributed by atoms with van der Waals surface area (Å²) in [5.41, 5.74) is 2.12. The molecule has 0 saturated carbocycles. The van der Waals surface area contributed by atoms with E-state index in [9.17, 15) is 4.79 Å². The van der Waals surface area contributed by atoms with Gasteiger partial charge in [0.05, 0.1) is 23.7 Å². The van der Waals surface area contributed by atoms with E-state index in [1.165, 1.54) is 0 Å². The smallest absolute Gasteiger partial charge is 0.253 e. The Morgan fingerprint density at radius 2 is 1.96 bits per heavy atom. The van der Waals surface area contributed by atoms with E-state index in [0.717, 1.165) is 28.6 Å². The van der Waals surface area contributed by atoms with Crippen molar-refractivity contribution >= 4 is 40.1 Å². The van der Waals surface area contributed by atoms with Crippen molar-refractivity contribution in [2.75, 3.05) is 34.3 Å². The lowest BCUT2D eigenvalue weighted by atomic mass is 10.1. The summed E-state index contributed by atoms with van der Waals surface area (Å²) in [4.78, 5) is 19.2. The third-order valence-electron chi connectivity index (χ3n) is 3.95. The quantitative estimate of drug-likeness (QED) is 0.711. The van der Waals surface area contributed by atoms with Gasteiger partial charge in [0.15, 0.2) is 0 Å². The van der Waals surface area contributed by atoms with Crippen molar-refractivity contribution in [2.24, 2.45) is 0 Å². The number of halogens is 1. The fourth-order valence-electron chi connectivity index (χ4n) is 2.70. The van der Waals surface area contributed by atoms with E-state index in [1.807, 2.05) is 61.5 Å². The van der Waals surface area contributed by atoms with Crippen molar-refractivity contribution in [3.05, 3.63) is 48.0 Å². The lowest BCUT2D eigenvalue weighted by molar-refractivity contribution is 0.0952. The zero-order valence-corrected chi connectivity index (χ0v) is 15.4. The van der Waals surface area contributed by atoms with E-state index < -0.39 is 0 Å². The molecule has 1 aromatic heterocycles. The number of hydrogen-bond donors (Lipinski definition) is 1. The van der Waals surface area contributed by atoms with Crippen LogP contribution in [0.2, 0.25) is 0 Å². The Morgan fingerprint density at radius 3 is 2.68 bits per heavy atom. The summed E-state index contributed by atoms with van der Waals surface area (Å²) in [5, 5.41) is 4.81. The van der Waals surface area contributed by atoms with Crippen molar-refractivity contribution in [2.45, 2.75) is 0 Å². The molecule has 0 unspecified atom stereocenters. The molecular formula is C19H22ClN3O2. The lowest BCUT2D eigenvalue weighted by Gasteiger charge is -2.12. The van der Waals surface area contributed by atoms with E-state index in [4.69, 9.17) is 9.72 Å². The Kier molecular flexibility index (Phi) is 6.17. The summed E-state index contributed by atoms with van der Waals surface area (Å²) in [5.74, 6) is 0.680. The van der Waals surface area contributed by atoms with Gasteiger partial charge in [0.2, 0.25) is 0 Å². The molecule has 0 atom stereocenters. The molecule has 0 fully saturated rings. The van der Waals surface area contributed by atoms with E-state index >= 15 is 0 Å². The Labute approximate surface area is 153 Å². The highest BCUT2D eigenvalue weighted by atomic mass is 35.5. The van der Waals surface area contributed by atoms with Gasteiger partial charge in [-0.3, -0.25) is 4.79 Å². The second kappa shape index (κ2) is 8.14. The van der Waals surface area contributed by atoms with Gasteiger partial charge < -0.3 is 15.0 Å². The Bertz CT molecular complexity index is 896. The van der Waals surface area contributed by atoms with Gasteiger partial charge in [0.1, 0.15) is 5.75 Å². The number of aromatic nitrogens is 1. The maximum Gasteiger partial charge on any atom is 0.253 e. The minimum Gasteiger partial charge on any atom is -0.496 e. The number of para-hydroxylation sites is 1. The first kappa shape index (κ1) is 19.0. The third kappa shape index (κ3) is 4.00. The van der Waals surface area contributed by atoms with Crippen LogP contribution in [0.4, 0.5) is 0 Å².